The summed E-state index contributed by atoms with van der Waals surface area (Å²) in [5, 5.41) is 0. The summed E-state index contributed by atoms with van der Waals surface area (Å²) in [5.41, 5.74) is 0.727. The molecule has 106 valence electrons. The van der Waals surface area contributed by atoms with E-state index in [0.717, 1.165) is 37.8 Å². The van der Waals surface area contributed by atoms with Crippen LogP contribution < -0.4 is 0 Å². The van der Waals surface area contributed by atoms with E-state index >= 15 is 0 Å². The van der Waals surface area contributed by atoms with E-state index in [0.29, 0.717) is 12.1 Å². The van der Waals surface area contributed by atoms with Crippen molar-refractivity contribution in [2.24, 2.45) is 0 Å². The highest BCUT2D eigenvalue weighted by molar-refractivity contribution is 5.88. The first-order chi connectivity index (χ1) is 9.58. The first kappa shape index (κ1) is 13.2. The molecule has 0 radical (unpaired) electrons. The van der Waals surface area contributed by atoms with Crippen LogP contribution in [0.15, 0.2) is 18.2 Å². The van der Waals surface area contributed by atoms with Gasteiger partial charge in [-0.25, -0.2) is 13.2 Å². The molecule has 1 aromatic rings. The van der Waals surface area contributed by atoms with E-state index in [1.165, 1.54) is 0 Å². The van der Waals surface area contributed by atoms with E-state index in [4.69, 9.17) is 0 Å². The molecular weight excluding hydrogens is 267 g/mol. The number of nitrogens with zero attached hydrogens (tertiary/aromatic N) is 1. The van der Waals surface area contributed by atoms with E-state index in [9.17, 15) is 18.0 Å². The monoisotopic (exact) mass is 281 g/mol. The number of allylic oxidation sites excluding steroid dienone is 1. The van der Waals surface area contributed by atoms with Crippen LogP contribution >= 0.6 is 0 Å². The molecule has 1 aromatic carbocycles. The van der Waals surface area contributed by atoms with Crippen molar-refractivity contribution in [3.05, 3.63) is 41.2 Å². The molecule has 0 bridgehead atoms. The highest BCUT2D eigenvalue weighted by Gasteiger charge is 2.33. The van der Waals surface area contributed by atoms with Gasteiger partial charge in [0.05, 0.1) is 0 Å². The molecule has 0 N–H and O–H groups in total. The zero-order chi connectivity index (χ0) is 14.3. The number of amides is 1. The molecular formula is C15H14F3NO. The summed E-state index contributed by atoms with van der Waals surface area (Å²) in [4.78, 5) is 13.7. The van der Waals surface area contributed by atoms with Crippen LogP contribution in [0.25, 0.3) is 5.70 Å². The second-order valence-corrected chi connectivity index (χ2v) is 5.23. The molecule has 1 unspecified atom stereocenters. The Morgan fingerprint density at radius 3 is 2.50 bits per heavy atom. The third-order valence-corrected chi connectivity index (χ3v) is 3.94. The van der Waals surface area contributed by atoms with E-state index in [1.54, 1.807) is 11.0 Å². The molecule has 1 amide bonds. The van der Waals surface area contributed by atoms with Gasteiger partial charge in [-0.15, -0.1) is 0 Å². The number of hydrogen-bond donors (Lipinski definition) is 0. The molecule has 3 rings (SSSR count). The lowest BCUT2D eigenvalue weighted by Crippen LogP contribution is -2.43. The molecule has 2 aliphatic heterocycles. The van der Waals surface area contributed by atoms with Crippen LogP contribution in [0, 0.1) is 17.5 Å². The summed E-state index contributed by atoms with van der Waals surface area (Å²) >= 11 is 0. The number of carbonyl (C=O) groups excluding carboxylic acids is 1. The normalized spacial score (nSPS) is 22.6. The Morgan fingerprint density at radius 1 is 1.10 bits per heavy atom. The van der Waals surface area contributed by atoms with Crippen molar-refractivity contribution in [3.63, 3.8) is 0 Å². The first-order valence-electron chi connectivity index (χ1n) is 6.75. The van der Waals surface area contributed by atoms with Gasteiger partial charge in [-0.05, 0) is 37.8 Å². The van der Waals surface area contributed by atoms with Crippen LogP contribution in [-0.2, 0) is 4.79 Å². The maximum absolute atomic E-state index is 13.4. The highest BCUT2D eigenvalue weighted by Crippen LogP contribution is 2.35. The lowest BCUT2D eigenvalue weighted by atomic mass is 9.91. The fourth-order valence-corrected chi connectivity index (χ4v) is 3.02. The Morgan fingerprint density at radius 2 is 1.80 bits per heavy atom. The van der Waals surface area contributed by atoms with Crippen LogP contribution in [-0.4, -0.2) is 16.8 Å². The second kappa shape index (κ2) is 4.96. The van der Waals surface area contributed by atoms with Gasteiger partial charge in [0, 0.05) is 23.7 Å². The SMILES string of the molecule is O=C1CCCC2CCC=C(c3cc(F)c(F)c(F)c3)N12. The van der Waals surface area contributed by atoms with E-state index < -0.39 is 17.5 Å². The van der Waals surface area contributed by atoms with Crippen LogP contribution in [0.2, 0.25) is 0 Å². The van der Waals surface area contributed by atoms with Crippen molar-refractivity contribution in [2.75, 3.05) is 0 Å². The molecule has 0 saturated carbocycles. The molecule has 2 heterocycles. The lowest BCUT2D eigenvalue weighted by molar-refractivity contribution is -0.132. The molecule has 2 nitrogen and oxygen atoms in total. The first-order valence-corrected chi connectivity index (χ1v) is 6.75. The number of halogens is 3. The summed E-state index contributed by atoms with van der Waals surface area (Å²) in [5.74, 6) is -3.97. The fraction of sp³-hybridized carbons (Fsp3) is 0.400. The average molecular weight is 281 g/mol. The molecule has 20 heavy (non-hydrogen) atoms. The van der Waals surface area contributed by atoms with Crippen molar-refractivity contribution in [1.82, 2.24) is 4.90 Å². The largest absolute Gasteiger partial charge is 0.309 e. The highest BCUT2D eigenvalue weighted by atomic mass is 19.2. The van der Waals surface area contributed by atoms with Crippen molar-refractivity contribution in [1.29, 1.82) is 0 Å². The number of rotatable bonds is 1. The van der Waals surface area contributed by atoms with Crippen LogP contribution in [0.1, 0.15) is 37.7 Å². The summed E-state index contributed by atoms with van der Waals surface area (Å²) in [6, 6.07) is 2.00. The average Bonchev–Trinajstić information content (AvgIpc) is 2.44. The van der Waals surface area contributed by atoms with Gasteiger partial charge >= 0.3 is 0 Å². The number of piperidine rings is 1. The van der Waals surface area contributed by atoms with Crippen molar-refractivity contribution >= 4 is 11.6 Å². The minimum atomic E-state index is -1.48. The second-order valence-electron chi connectivity index (χ2n) is 5.23. The van der Waals surface area contributed by atoms with Gasteiger partial charge in [0.2, 0.25) is 5.91 Å². The van der Waals surface area contributed by atoms with Crippen LogP contribution in [0.4, 0.5) is 13.2 Å². The molecule has 1 atom stereocenters. The Labute approximate surface area is 114 Å². The lowest BCUT2D eigenvalue weighted by Gasteiger charge is -2.40. The number of benzene rings is 1. The zero-order valence-corrected chi connectivity index (χ0v) is 10.8. The van der Waals surface area contributed by atoms with Gasteiger partial charge in [-0.2, -0.15) is 0 Å². The third kappa shape index (κ3) is 2.11. The fourth-order valence-electron chi connectivity index (χ4n) is 3.02. The number of fused-ring (bicyclic) bond motifs is 1. The van der Waals surface area contributed by atoms with Gasteiger partial charge in [-0.3, -0.25) is 4.79 Å². The Bertz CT molecular complexity index is 574. The summed E-state index contributed by atoms with van der Waals surface area (Å²) in [7, 11) is 0. The molecule has 5 heteroatoms. The molecule has 0 aromatic heterocycles. The third-order valence-electron chi connectivity index (χ3n) is 3.94. The predicted octanol–water partition coefficient (Wildman–Crippen LogP) is 3.62. The molecule has 0 aliphatic carbocycles. The van der Waals surface area contributed by atoms with E-state index in [-0.39, 0.29) is 17.5 Å². The Kier molecular flexibility index (Phi) is 3.28. The topological polar surface area (TPSA) is 20.3 Å². The van der Waals surface area contributed by atoms with Gasteiger partial charge in [-0.1, -0.05) is 6.08 Å². The Balaban J connectivity index is 2.04. The maximum Gasteiger partial charge on any atom is 0.227 e. The number of carbonyl (C=O) groups is 1. The Hall–Kier alpha value is -1.78. The van der Waals surface area contributed by atoms with Gasteiger partial charge in [0.1, 0.15) is 0 Å². The quantitative estimate of drug-likeness (QED) is 0.720. The van der Waals surface area contributed by atoms with E-state index in [2.05, 4.69) is 0 Å². The minimum absolute atomic E-state index is 0.0302. The molecule has 1 fully saturated rings. The van der Waals surface area contributed by atoms with Gasteiger partial charge in [0.15, 0.2) is 17.5 Å². The van der Waals surface area contributed by atoms with Gasteiger partial charge < -0.3 is 4.90 Å². The standard InChI is InChI=1S/C15H14F3NO/c16-11-7-9(8-12(17)15(11)18)13-5-1-3-10-4-2-6-14(20)19(10)13/h5,7-8,10H,1-4,6H2. The van der Waals surface area contributed by atoms with Crippen molar-refractivity contribution in [2.45, 2.75) is 38.1 Å². The molecule has 0 spiro atoms. The summed E-state index contributed by atoms with van der Waals surface area (Å²) < 4.78 is 39.8. The van der Waals surface area contributed by atoms with E-state index in [1.807, 2.05) is 0 Å². The smallest absolute Gasteiger partial charge is 0.227 e. The van der Waals surface area contributed by atoms with Crippen LogP contribution in [0.5, 0.6) is 0 Å². The maximum atomic E-state index is 13.4. The van der Waals surface area contributed by atoms with Crippen molar-refractivity contribution < 1.29 is 18.0 Å². The van der Waals surface area contributed by atoms with Gasteiger partial charge in [0.25, 0.3) is 0 Å². The van der Waals surface area contributed by atoms with Crippen LogP contribution in [0.3, 0.4) is 0 Å². The predicted molar refractivity (Wildman–Crippen MR) is 68.0 cm³/mol. The molecule has 1 saturated heterocycles. The zero-order valence-electron chi connectivity index (χ0n) is 10.8. The minimum Gasteiger partial charge on any atom is -0.309 e. The summed E-state index contributed by atoms with van der Waals surface area (Å²) in [6.07, 6.45) is 5.60. The summed E-state index contributed by atoms with van der Waals surface area (Å²) in [6.45, 7) is 0. The molecule has 2 aliphatic rings. The number of hydrogen-bond acceptors (Lipinski definition) is 1. The van der Waals surface area contributed by atoms with Crippen molar-refractivity contribution in [3.8, 4) is 0 Å².